The maximum Gasteiger partial charge on any atom is 0.348 e. The summed E-state index contributed by atoms with van der Waals surface area (Å²) in [6.07, 6.45) is 0. The van der Waals surface area contributed by atoms with Crippen molar-refractivity contribution in [2.24, 2.45) is 0 Å². The topological polar surface area (TPSA) is 83.5 Å². The number of nitrogens with one attached hydrogen (secondary N) is 1. The molecule has 5 nitrogen and oxygen atoms in total. The lowest BCUT2D eigenvalue weighted by molar-refractivity contribution is 0.0703. The Hall–Kier alpha value is -1.28. The maximum atomic E-state index is 12.2. The van der Waals surface area contributed by atoms with E-state index in [9.17, 15) is 13.2 Å². The third kappa shape index (κ3) is 3.06. The number of thiophene rings is 1. The molecule has 0 saturated heterocycles. The molecule has 0 aliphatic carbocycles. The molecule has 0 bridgehead atoms. The third-order valence-electron chi connectivity index (χ3n) is 2.29. The maximum absolute atomic E-state index is 12.2. The summed E-state index contributed by atoms with van der Waals surface area (Å²) in [6, 6.07) is 5.36. The van der Waals surface area contributed by atoms with Crippen LogP contribution in [0.15, 0.2) is 34.5 Å². The molecule has 0 radical (unpaired) electrons. The predicted octanol–water partition coefficient (Wildman–Crippen LogP) is 3.55. The number of rotatable bonds is 4. The van der Waals surface area contributed by atoms with Gasteiger partial charge in [-0.15, -0.1) is 11.3 Å². The van der Waals surface area contributed by atoms with Crippen LogP contribution in [0, 0.1) is 0 Å². The molecular formula is C11H7Cl2NO4S2. The molecule has 0 aliphatic heterocycles. The Kier molecular flexibility index (Phi) is 4.24. The minimum absolute atomic E-state index is 0.00555. The molecule has 1 aromatic heterocycles. The van der Waals surface area contributed by atoms with Crippen LogP contribution in [-0.4, -0.2) is 19.5 Å². The standard InChI is InChI=1S/C11H7Cl2NO4S2/c12-6-1-2-7(13)9(5-6)20(17,18)14-8-3-4-19-10(8)11(15)16/h1-5,14H,(H,15,16). The molecule has 0 atom stereocenters. The average Bonchev–Trinajstić information content (AvgIpc) is 2.79. The van der Waals surface area contributed by atoms with Crippen molar-refractivity contribution in [1.82, 2.24) is 0 Å². The molecule has 2 N–H and O–H groups in total. The molecule has 0 amide bonds. The zero-order valence-corrected chi connectivity index (χ0v) is 12.8. The first-order valence-corrected chi connectivity index (χ1v) is 8.22. The molecule has 0 fully saturated rings. The van der Waals surface area contributed by atoms with Gasteiger partial charge < -0.3 is 5.11 Å². The number of halogens is 2. The number of hydrogen-bond donors (Lipinski definition) is 2. The summed E-state index contributed by atoms with van der Waals surface area (Å²) in [5.41, 5.74) is -0.0152. The van der Waals surface area contributed by atoms with Crippen LogP contribution >= 0.6 is 34.5 Å². The van der Waals surface area contributed by atoms with Gasteiger partial charge >= 0.3 is 5.97 Å². The van der Waals surface area contributed by atoms with Crippen LogP contribution in [0.2, 0.25) is 10.0 Å². The van der Waals surface area contributed by atoms with E-state index in [0.717, 1.165) is 11.3 Å². The van der Waals surface area contributed by atoms with Crippen LogP contribution in [0.25, 0.3) is 0 Å². The lowest BCUT2D eigenvalue weighted by atomic mass is 10.4. The van der Waals surface area contributed by atoms with Gasteiger partial charge in [-0.3, -0.25) is 4.72 Å². The van der Waals surface area contributed by atoms with Crippen LogP contribution in [0.3, 0.4) is 0 Å². The largest absolute Gasteiger partial charge is 0.477 e. The minimum Gasteiger partial charge on any atom is -0.477 e. The second-order valence-electron chi connectivity index (χ2n) is 3.65. The van der Waals surface area contributed by atoms with Crippen LogP contribution in [0.4, 0.5) is 5.69 Å². The van der Waals surface area contributed by atoms with Gasteiger partial charge in [0.05, 0.1) is 10.7 Å². The summed E-state index contributed by atoms with van der Waals surface area (Å²) in [6.45, 7) is 0. The monoisotopic (exact) mass is 351 g/mol. The molecule has 1 aromatic carbocycles. The zero-order chi connectivity index (χ0) is 14.9. The second kappa shape index (κ2) is 5.61. The zero-order valence-electron chi connectivity index (χ0n) is 9.63. The predicted molar refractivity (Wildman–Crippen MR) is 78.5 cm³/mol. The van der Waals surface area contributed by atoms with Gasteiger partial charge in [-0.25, -0.2) is 13.2 Å². The van der Waals surface area contributed by atoms with Gasteiger partial charge in [0.1, 0.15) is 9.77 Å². The average molecular weight is 352 g/mol. The lowest BCUT2D eigenvalue weighted by Gasteiger charge is -2.09. The van der Waals surface area contributed by atoms with E-state index in [1.807, 2.05) is 0 Å². The van der Waals surface area contributed by atoms with E-state index >= 15 is 0 Å². The first-order valence-electron chi connectivity index (χ1n) is 5.10. The molecule has 2 aromatic rings. The summed E-state index contributed by atoms with van der Waals surface area (Å²) in [5, 5.41) is 10.6. The molecule has 0 unspecified atom stereocenters. The highest BCUT2D eigenvalue weighted by Crippen LogP contribution is 2.29. The van der Waals surface area contributed by atoms with Crippen LogP contribution in [0.5, 0.6) is 0 Å². The number of carbonyl (C=O) groups is 1. The van der Waals surface area contributed by atoms with E-state index in [1.165, 1.54) is 29.6 Å². The van der Waals surface area contributed by atoms with Crippen LogP contribution in [0.1, 0.15) is 9.67 Å². The highest BCUT2D eigenvalue weighted by Gasteiger charge is 2.22. The van der Waals surface area contributed by atoms with Crippen molar-refractivity contribution < 1.29 is 18.3 Å². The Labute approximate surface area is 128 Å². The van der Waals surface area contributed by atoms with E-state index in [0.29, 0.717) is 0 Å². The molecule has 20 heavy (non-hydrogen) atoms. The number of sulfonamides is 1. The highest BCUT2D eigenvalue weighted by atomic mass is 35.5. The summed E-state index contributed by atoms with van der Waals surface area (Å²) in [7, 11) is -4.02. The van der Waals surface area contributed by atoms with Gasteiger partial charge in [-0.1, -0.05) is 23.2 Å². The van der Waals surface area contributed by atoms with Crippen molar-refractivity contribution in [2.75, 3.05) is 4.72 Å². The number of carboxylic acid groups (broad SMARTS) is 1. The van der Waals surface area contributed by atoms with Crippen molar-refractivity contribution in [3.05, 3.63) is 44.6 Å². The fourth-order valence-corrected chi connectivity index (χ4v) is 4.03. The molecule has 106 valence electrons. The Balaban J connectivity index is 2.44. The number of benzene rings is 1. The van der Waals surface area contributed by atoms with Crippen LogP contribution < -0.4 is 4.72 Å². The highest BCUT2D eigenvalue weighted by molar-refractivity contribution is 7.92. The first kappa shape index (κ1) is 15.1. The number of anilines is 1. The Morgan fingerprint density at radius 2 is 1.95 bits per heavy atom. The molecule has 0 aliphatic rings. The van der Waals surface area contributed by atoms with Gasteiger partial charge in [-0.05, 0) is 29.6 Å². The quantitative estimate of drug-likeness (QED) is 0.881. The van der Waals surface area contributed by atoms with Gasteiger partial charge in [0.15, 0.2) is 0 Å². The van der Waals surface area contributed by atoms with Crippen molar-refractivity contribution in [3.63, 3.8) is 0 Å². The lowest BCUT2D eigenvalue weighted by Crippen LogP contribution is -2.14. The molecule has 0 spiro atoms. The van der Waals surface area contributed by atoms with Crippen molar-refractivity contribution in [2.45, 2.75) is 4.90 Å². The SMILES string of the molecule is O=C(O)c1sccc1NS(=O)(=O)c1cc(Cl)ccc1Cl. The van der Waals surface area contributed by atoms with E-state index in [1.54, 1.807) is 0 Å². The fourth-order valence-electron chi connectivity index (χ4n) is 1.44. The second-order valence-corrected chi connectivity index (χ2v) is 7.06. The molecule has 2 rings (SSSR count). The van der Waals surface area contributed by atoms with Crippen molar-refractivity contribution in [3.8, 4) is 0 Å². The fraction of sp³-hybridized carbons (Fsp3) is 0. The van der Waals surface area contributed by atoms with Crippen LogP contribution in [-0.2, 0) is 10.0 Å². The summed E-state index contributed by atoms with van der Waals surface area (Å²) >= 11 is 12.5. The molecular weight excluding hydrogens is 345 g/mol. The van der Waals surface area contributed by atoms with Crippen molar-refractivity contribution in [1.29, 1.82) is 0 Å². The molecule has 1 heterocycles. The van der Waals surface area contributed by atoms with E-state index < -0.39 is 16.0 Å². The Morgan fingerprint density at radius 3 is 2.60 bits per heavy atom. The van der Waals surface area contributed by atoms with Crippen molar-refractivity contribution >= 4 is 56.2 Å². The summed E-state index contributed by atoms with van der Waals surface area (Å²) < 4.78 is 26.6. The molecule has 9 heteroatoms. The smallest absolute Gasteiger partial charge is 0.348 e. The number of aromatic carboxylic acids is 1. The normalized spacial score (nSPS) is 11.3. The molecule has 0 saturated carbocycles. The first-order chi connectivity index (χ1) is 9.31. The Morgan fingerprint density at radius 1 is 1.25 bits per heavy atom. The van der Waals surface area contributed by atoms with Gasteiger partial charge in [0.2, 0.25) is 0 Å². The Bertz CT molecular complexity index is 770. The third-order valence-corrected chi connectivity index (χ3v) is 5.27. The number of carboxylic acids is 1. The van der Waals surface area contributed by atoms with Gasteiger partial charge in [-0.2, -0.15) is 0 Å². The van der Waals surface area contributed by atoms with E-state index in [4.69, 9.17) is 28.3 Å². The minimum atomic E-state index is -4.02. The van der Waals surface area contributed by atoms with E-state index in [2.05, 4.69) is 4.72 Å². The van der Waals surface area contributed by atoms with E-state index in [-0.39, 0.29) is 25.5 Å². The summed E-state index contributed by atoms with van der Waals surface area (Å²) in [4.78, 5) is 10.6. The van der Waals surface area contributed by atoms with Gasteiger partial charge in [0, 0.05) is 5.02 Å². The summed E-state index contributed by atoms with van der Waals surface area (Å²) in [5.74, 6) is -1.21. The number of hydrogen-bond acceptors (Lipinski definition) is 4. The van der Waals surface area contributed by atoms with Gasteiger partial charge in [0.25, 0.3) is 10.0 Å².